The molecule has 1 spiro atoms. The normalized spacial score (nSPS) is 27.3. The molecule has 2 aliphatic carbocycles. The summed E-state index contributed by atoms with van der Waals surface area (Å²) in [6.45, 7) is 4.59. The number of para-hydroxylation sites is 1. The Kier molecular flexibility index (Phi) is 2.96. The van der Waals surface area contributed by atoms with Crippen LogP contribution in [0.25, 0.3) is 17.0 Å². The number of Topliss-reactive ketones (excluding diaryl/α,β-unsaturated/α-hetero) is 1. The maximum atomic E-state index is 13.4. The van der Waals surface area contributed by atoms with Crippen LogP contribution in [0, 0.1) is 5.92 Å². The Labute approximate surface area is 162 Å². The van der Waals surface area contributed by atoms with E-state index in [1.807, 2.05) is 47.4 Å². The van der Waals surface area contributed by atoms with Crippen LogP contribution in [0.1, 0.15) is 44.8 Å². The van der Waals surface area contributed by atoms with Gasteiger partial charge in [0.1, 0.15) is 5.69 Å². The predicted molar refractivity (Wildman–Crippen MR) is 108 cm³/mol. The van der Waals surface area contributed by atoms with Gasteiger partial charge in [0.05, 0.1) is 5.52 Å². The summed E-state index contributed by atoms with van der Waals surface area (Å²) < 4.78 is 0. The van der Waals surface area contributed by atoms with Crippen LogP contribution in [0.4, 0.5) is 0 Å². The molecule has 0 bridgehead atoms. The molecule has 28 heavy (non-hydrogen) atoms. The Morgan fingerprint density at radius 2 is 2.07 bits per heavy atom. The van der Waals surface area contributed by atoms with Crippen LogP contribution < -0.4 is 0 Å². The Morgan fingerprint density at radius 3 is 2.93 bits per heavy atom. The molecule has 1 aliphatic heterocycles. The highest BCUT2D eigenvalue weighted by atomic mass is 16.2. The fourth-order valence-corrected chi connectivity index (χ4v) is 5.69. The molecule has 2 aromatic carbocycles. The molecular weight excluding hydrogens is 348 g/mol. The number of ketones is 1. The standard InChI is InChI=1S/C24H20N2O2/c1-2-14-6-5-7-15-10-19(25-22(14)15)23(28)26-13-16-12-24(16)18-9-4-3-8-17(18)20(27)11-21(24)26/h2-10,16,21,25H,1,11-13H2/t16-,21?,24-/m1/s1. The molecular formula is C24H20N2O2. The van der Waals surface area contributed by atoms with Crippen molar-refractivity contribution in [2.24, 2.45) is 5.92 Å². The van der Waals surface area contributed by atoms with E-state index in [4.69, 9.17) is 0 Å². The first-order chi connectivity index (χ1) is 13.6. The van der Waals surface area contributed by atoms with Gasteiger partial charge in [-0.1, -0.05) is 55.1 Å². The van der Waals surface area contributed by atoms with Crippen molar-refractivity contribution in [3.8, 4) is 0 Å². The van der Waals surface area contributed by atoms with E-state index in [0.717, 1.165) is 40.6 Å². The third-order valence-corrected chi connectivity index (χ3v) is 7.05. The third-order valence-electron chi connectivity index (χ3n) is 7.05. The van der Waals surface area contributed by atoms with Crippen LogP contribution in [-0.2, 0) is 5.41 Å². The lowest BCUT2D eigenvalue weighted by Gasteiger charge is -2.36. The van der Waals surface area contributed by atoms with Crippen molar-refractivity contribution >= 4 is 28.7 Å². The summed E-state index contributed by atoms with van der Waals surface area (Å²) in [5.74, 6) is 0.612. The van der Waals surface area contributed by atoms with E-state index in [1.54, 1.807) is 6.08 Å². The number of benzene rings is 2. The van der Waals surface area contributed by atoms with Crippen LogP contribution in [0.3, 0.4) is 0 Å². The third kappa shape index (κ3) is 1.85. The molecule has 4 nitrogen and oxygen atoms in total. The van der Waals surface area contributed by atoms with E-state index in [1.165, 1.54) is 0 Å². The number of hydrogen-bond donors (Lipinski definition) is 1. The zero-order valence-electron chi connectivity index (χ0n) is 15.4. The average molecular weight is 368 g/mol. The summed E-state index contributed by atoms with van der Waals surface area (Å²) >= 11 is 0. The van der Waals surface area contributed by atoms with Gasteiger partial charge in [-0.25, -0.2) is 0 Å². The molecule has 1 aromatic heterocycles. The van der Waals surface area contributed by atoms with Crippen molar-refractivity contribution in [1.29, 1.82) is 0 Å². The van der Waals surface area contributed by atoms with E-state index in [9.17, 15) is 9.59 Å². The lowest BCUT2D eigenvalue weighted by Crippen LogP contribution is -2.46. The summed E-state index contributed by atoms with van der Waals surface area (Å²) in [4.78, 5) is 31.4. The predicted octanol–water partition coefficient (Wildman–Crippen LogP) is 4.18. The minimum Gasteiger partial charge on any atom is -0.350 e. The number of rotatable bonds is 2. The number of fused-ring (bicyclic) bond motifs is 2. The number of nitrogens with zero attached hydrogens (tertiary/aromatic N) is 1. The lowest BCUT2D eigenvalue weighted by atomic mass is 9.75. The zero-order valence-corrected chi connectivity index (χ0v) is 15.4. The van der Waals surface area contributed by atoms with Gasteiger partial charge < -0.3 is 9.88 Å². The van der Waals surface area contributed by atoms with E-state index in [2.05, 4.69) is 17.6 Å². The van der Waals surface area contributed by atoms with Crippen LogP contribution in [-0.4, -0.2) is 34.2 Å². The van der Waals surface area contributed by atoms with E-state index in [0.29, 0.717) is 18.0 Å². The van der Waals surface area contributed by atoms with Crippen molar-refractivity contribution in [1.82, 2.24) is 9.88 Å². The molecule has 3 atom stereocenters. The number of carbonyl (C=O) groups excluding carboxylic acids is 2. The quantitative estimate of drug-likeness (QED) is 0.738. The van der Waals surface area contributed by atoms with Crippen molar-refractivity contribution in [2.75, 3.05) is 6.54 Å². The monoisotopic (exact) mass is 368 g/mol. The molecule has 1 saturated heterocycles. The molecule has 4 heteroatoms. The first-order valence-corrected chi connectivity index (χ1v) is 9.81. The number of H-pyrrole nitrogens is 1. The van der Waals surface area contributed by atoms with Gasteiger partial charge >= 0.3 is 0 Å². The molecule has 138 valence electrons. The molecule has 1 amide bonds. The van der Waals surface area contributed by atoms with Crippen molar-refractivity contribution in [3.05, 3.63) is 77.5 Å². The molecule has 3 aromatic rings. The fourth-order valence-electron chi connectivity index (χ4n) is 5.69. The van der Waals surface area contributed by atoms with E-state index >= 15 is 0 Å². The lowest BCUT2D eigenvalue weighted by molar-refractivity contribution is 0.0659. The minimum atomic E-state index is -0.0299. The van der Waals surface area contributed by atoms with Crippen molar-refractivity contribution in [2.45, 2.75) is 24.3 Å². The molecule has 1 unspecified atom stereocenters. The fraction of sp³-hybridized carbons (Fsp3) is 0.250. The summed E-state index contributed by atoms with van der Waals surface area (Å²) in [5, 5.41) is 1.00. The van der Waals surface area contributed by atoms with Crippen LogP contribution in [0.15, 0.2) is 55.1 Å². The van der Waals surface area contributed by atoms with Gasteiger partial charge in [-0.2, -0.15) is 0 Å². The number of likely N-dealkylation sites (tertiary alicyclic amines) is 1. The summed E-state index contributed by atoms with van der Waals surface area (Å²) in [6, 6.07) is 15.8. The van der Waals surface area contributed by atoms with Crippen LogP contribution in [0.2, 0.25) is 0 Å². The number of hydrogen-bond acceptors (Lipinski definition) is 2. The Bertz CT molecular complexity index is 1190. The molecule has 6 rings (SSSR count). The molecule has 2 fully saturated rings. The highest BCUT2D eigenvalue weighted by Gasteiger charge is 2.69. The van der Waals surface area contributed by atoms with Gasteiger partial charge in [0, 0.05) is 35.4 Å². The van der Waals surface area contributed by atoms with Gasteiger partial charge in [-0.05, 0) is 29.5 Å². The van der Waals surface area contributed by atoms with Crippen LogP contribution in [0.5, 0.6) is 0 Å². The van der Waals surface area contributed by atoms with E-state index in [-0.39, 0.29) is 23.1 Å². The molecule has 1 saturated carbocycles. The van der Waals surface area contributed by atoms with Gasteiger partial charge in [0.25, 0.3) is 5.91 Å². The second-order valence-corrected chi connectivity index (χ2v) is 8.29. The molecule has 3 aliphatic rings. The molecule has 0 radical (unpaired) electrons. The number of amides is 1. The number of nitrogens with one attached hydrogen (secondary N) is 1. The zero-order chi connectivity index (χ0) is 19.0. The molecule has 2 heterocycles. The van der Waals surface area contributed by atoms with Gasteiger partial charge in [0.15, 0.2) is 5.78 Å². The van der Waals surface area contributed by atoms with Crippen molar-refractivity contribution in [3.63, 3.8) is 0 Å². The topological polar surface area (TPSA) is 53.2 Å². The first kappa shape index (κ1) is 15.9. The maximum Gasteiger partial charge on any atom is 0.270 e. The first-order valence-electron chi connectivity index (χ1n) is 9.81. The highest BCUT2D eigenvalue weighted by molar-refractivity contribution is 6.03. The second kappa shape index (κ2) is 5.22. The summed E-state index contributed by atoms with van der Waals surface area (Å²) in [5.41, 5.74) is 4.51. The smallest absolute Gasteiger partial charge is 0.270 e. The van der Waals surface area contributed by atoms with Gasteiger partial charge in [-0.3, -0.25) is 9.59 Å². The average Bonchev–Trinajstić information content (AvgIpc) is 3.10. The SMILES string of the molecule is C=Cc1cccc2cc(C(=O)N3C[C@H]4C[C@]45c4ccccc4C(=O)CC35)[nH]c12. The number of aromatic nitrogens is 1. The van der Waals surface area contributed by atoms with Crippen molar-refractivity contribution < 1.29 is 9.59 Å². The second-order valence-electron chi connectivity index (χ2n) is 8.29. The largest absolute Gasteiger partial charge is 0.350 e. The maximum absolute atomic E-state index is 13.4. The van der Waals surface area contributed by atoms with Gasteiger partial charge in [-0.15, -0.1) is 0 Å². The number of carbonyl (C=O) groups is 2. The Hall–Kier alpha value is -3.14. The van der Waals surface area contributed by atoms with Crippen LogP contribution >= 0.6 is 0 Å². The van der Waals surface area contributed by atoms with Gasteiger partial charge in [0.2, 0.25) is 0 Å². The number of piperidine rings is 1. The number of aromatic amines is 1. The summed E-state index contributed by atoms with van der Waals surface area (Å²) in [7, 11) is 0. The van der Waals surface area contributed by atoms with E-state index < -0.39 is 0 Å². The minimum absolute atomic E-state index is 0.00466. The molecule has 1 N–H and O–H groups in total. The Balaban J connectivity index is 1.41. The Morgan fingerprint density at radius 1 is 1.21 bits per heavy atom. The highest BCUT2D eigenvalue weighted by Crippen LogP contribution is 2.65. The summed E-state index contributed by atoms with van der Waals surface area (Å²) in [6.07, 6.45) is 3.31.